The van der Waals surface area contributed by atoms with Crippen molar-refractivity contribution in [1.82, 2.24) is 10.2 Å². The maximum absolute atomic E-state index is 12.1. The number of nitrogens with zero attached hydrogens (tertiary/aromatic N) is 1. The minimum atomic E-state index is 0.212. The maximum atomic E-state index is 12.1. The van der Waals surface area contributed by atoms with E-state index in [0.29, 0.717) is 11.9 Å². The summed E-state index contributed by atoms with van der Waals surface area (Å²) in [5.74, 6) is 0.542. The van der Waals surface area contributed by atoms with Gasteiger partial charge in [-0.1, -0.05) is 13.8 Å². The Morgan fingerprint density at radius 3 is 2.60 bits per heavy atom. The Balaban J connectivity index is 2.49. The first kappa shape index (κ1) is 12.5. The van der Waals surface area contributed by atoms with Crippen molar-refractivity contribution < 1.29 is 4.79 Å². The molecule has 1 rings (SSSR count). The molecule has 0 aliphatic carbocycles. The van der Waals surface area contributed by atoms with Gasteiger partial charge in [-0.05, 0) is 32.2 Å². The molecule has 0 radical (unpaired) electrons. The molecule has 1 aliphatic heterocycles. The van der Waals surface area contributed by atoms with Gasteiger partial charge in [0.05, 0.1) is 5.92 Å². The summed E-state index contributed by atoms with van der Waals surface area (Å²) in [4.78, 5) is 14.1. The molecule has 15 heavy (non-hydrogen) atoms. The molecule has 1 fully saturated rings. The molecule has 0 bridgehead atoms. The van der Waals surface area contributed by atoms with Gasteiger partial charge in [0.2, 0.25) is 5.91 Å². The van der Waals surface area contributed by atoms with E-state index in [1.807, 2.05) is 11.9 Å². The lowest BCUT2D eigenvalue weighted by Crippen LogP contribution is -2.45. The smallest absolute Gasteiger partial charge is 0.226 e. The lowest BCUT2D eigenvalue weighted by Gasteiger charge is -2.31. The number of piperidine rings is 1. The van der Waals surface area contributed by atoms with E-state index in [0.717, 1.165) is 38.8 Å². The van der Waals surface area contributed by atoms with Gasteiger partial charge in [-0.3, -0.25) is 4.79 Å². The summed E-state index contributed by atoms with van der Waals surface area (Å²) in [6.45, 7) is 6.23. The zero-order chi connectivity index (χ0) is 11.3. The van der Waals surface area contributed by atoms with Crippen LogP contribution in [0.2, 0.25) is 0 Å². The highest BCUT2D eigenvalue weighted by Crippen LogP contribution is 2.16. The van der Waals surface area contributed by atoms with E-state index in [-0.39, 0.29) is 5.92 Å². The molecule has 1 aliphatic rings. The summed E-state index contributed by atoms with van der Waals surface area (Å²) >= 11 is 0. The van der Waals surface area contributed by atoms with Gasteiger partial charge in [-0.15, -0.1) is 0 Å². The summed E-state index contributed by atoms with van der Waals surface area (Å²) in [6, 6.07) is 0.416. The van der Waals surface area contributed by atoms with Gasteiger partial charge >= 0.3 is 0 Å². The Hall–Kier alpha value is -0.570. The van der Waals surface area contributed by atoms with Crippen molar-refractivity contribution in [3.63, 3.8) is 0 Å². The second kappa shape index (κ2) is 6.11. The van der Waals surface area contributed by atoms with Crippen LogP contribution in [0.1, 0.15) is 39.5 Å². The molecule has 1 amide bonds. The van der Waals surface area contributed by atoms with Crippen LogP contribution >= 0.6 is 0 Å². The summed E-state index contributed by atoms with van der Waals surface area (Å²) in [5.41, 5.74) is 0. The first-order valence-electron chi connectivity index (χ1n) is 6.18. The van der Waals surface area contributed by atoms with E-state index >= 15 is 0 Å². The van der Waals surface area contributed by atoms with Crippen molar-refractivity contribution in [3.8, 4) is 0 Å². The van der Waals surface area contributed by atoms with Gasteiger partial charge < -0.3 is 10.2 Å². The Labute approximate surface area is 93.2 Å². The molecule has 0 spiro atoms. The van der Waals surface area contributed by atoms with E-state index in [1.54, 1.807) is 0 Å². The third-order valence-corrected chi connectivity index (χ3v) is 3.48. The zero-order valence-electron chi connectivity index (χ0n) is 10.3. The molecule has 0 aromatic carbocycles. The van der Waals surface area contributed by atoms with Gasteiger partial charge in [0, 0.05) is 19.6 Å². The fourth-order valence-corrected chi connectivity index (χ4v) is 2.37. The monoisotopic (exact) mass is 212 g/mol. The normalized spacial score (nSPS) is 21.7. The predicted octanol–water partition coefficient (Wildman–Crippen LogP) is 1.63. The molecule has 0 saturated carbocycles. The van der Waals surface area contributed by atoms with Crippen LogP contribution in [0.15, 0.2) is 0 Å². The number of carbonyl (C=O) groups excluding carboxylic acids is 1. The number of amides is 1. The summed E-state index contributed by atoms with van der Waals surface area (Å²) < 4.78 is 0. The Morgan fingerprint density at radius 1 is 1.47 bits per heavy atom. The molecule has 1 heterocycles. The number of hydrogen-bond acceptors (Lipinski definition) is 2. The minimum Gasteiger partial charge on any atom is -0.343 e. The Kier molecular flexibility index (Phi) is 5.09. The first-order chi connectivity index (χ1) is 7.20. The van der Waals surface area contributed by atoms with E-state index in [4.69, 9.17) is 0 Å². The largest absolute Gasteiger partial charge is 0.343 e. The van der Waals surface area contributed by atoms with Crippen molar-refractivity contribution in [2.45, 2.75) is 45.6 Å². The average molecular weight is 212 g/mol. The molecular weight excluding hydrogens is 188 g/mol. The van der Waals surface area contributed by atoms with Crippen molar-refractivity contribution in [1.29, 1.82) is 0 Å². The fourth-order valence-electron chi connectivity index (χ4n) is 2.37. The van der Waals surface area contributed by atoms with Gasteiger partial charge in [-0.25, -0.2) is 0 Å². The van der Waals surface area contributed by atoms with Gasteiger partial charge in [0.1, 0.15) is 0 Å². The van der Waals surface area contributed by atoms with Gasteiger partial charge in [0.25, 0.3) is 0 Å². The molecule has 1 saturated heterocycles. The standard InChI is InChI=1S/C12H24N2O/c1-4-11(5-2)14(3)12(15)10-7-6-8-13-9-10/h10-11,13H,4-9H2,1-3H3. The van der Waals surface area contributed by atoms with Crippen LogP contribution in [-0.2, 0) is 4.79 Å². The molecule has 1 unspecified atom stereocenters. The third kappa shape index (κ3) is 3.20. The summed E-state index contributed by atoms with van der Waals surface area (Å²) in [7, 11) is 1.95. The first-order valence-corrected chi connectivity index (χ1v) is 6.18. The SMILES string of the molecule is CCC(CC)N(C)C(=O)C1CCCNC1. The van der Waals surface area contributed by atoms with Crippen LogP contribution in [-0.4, -0.2) is 37.0 Å². The predicted molar refractivity (Wildman–Crippen MR) is 62.7 cm³/mol. The van der Waals surface area contributed by atoms with Crippen LogP contribution in [0.3, 0.4) is 0 Å². The van der Waals surface area contributed by atoms with Crippen LogP contribution in [0.25, 0.3) is 0 Å². The summed E-state index contributed by atoms with van der Waals surface area (Å²) in [6.07, 6.45) is 4.29. The Bertz CT molecular complexity index is 196. The molecule has 1 atom stereocenters. The van der Waals surface area contributed by atoms with E-state index in [2.05, 4.69) is 19.2 Å². The van der Waals surface area contributed by atoms with Crippen LogP contribution in [0.4, 0.5) is 0 Å². The van der Waals surface area contributed by atoms with Gasteiger partial charge in [-0.2, -0.15) is 0 Å². The highest BCUT2D eigenvalue weighted by Gasteiger charge is 2.26. The number of hydrogen-bond donors (Lipinski definition) is 1. The molecule has 3 heteroatoms. The average Bonchev–Trinajstić information content (AvgIpc) is 2.30. The molecule has 0 aromatic heterocycles. The second-order valence-corrected chi connectivity index (χ2v) is 4.46. The number of carbonyl (C=O) groups is 1. The molecule has 0 aromatic rings. The lowest BCUT2D eigenvalue weighted by molar-refractivity contribution is -0.137. The topological polar surface area (TPSA) is 32.3 Å². The third-order valence-electron chi connectivity index (χ3n) is 3.48. The Morgan fingerprint density at radius 2 is 2.13 bits per heavy atom. The molecule has 88 valence electrons. The molecular formula is C12H24N2O. The van der Waals surface area contributed by atoms with E-state index in [1.165, 1.54) is 0 Å². The van der Waals surface area contributed by atoms with Crippen LogP contribution < -0.4 is 5.32 Å². The second-order valence-electron chi connectivity index (χ2n) is 4.46. The highest BCUT2D eigenvalue weighted by atomic mass is 16.2. The van der Waals surface area contributed by atoms with E-state index in [9.17, 15) is 4.79 Å². The highest BCUT2D eigenvalue weighted by molar-refractivity contribution is 5.79. The number of nitrogens with one attached hydrogen (secondary N) is 1. The minimum absolute atomic E-state index is 0.212. The van der Waals surface area contributed by atoms with Crippen molar-refractivity contribution >= 4 is 5.91 Å². The maximum Gasteiger partial charge on any atom is 0.226 e. The van der Waals surface area contributed by atoms with Crippen molar-refractivity contribution in [2.24, 2.45) is 5.92 Å². The molecule has 3 nitrogen and oxygen atoms in total. The summed E-state index contributed by atoms with van der Waals surface area (Å²) in [5, 5.41) is 3.30. The van der Waals surface area contributed by atoms with Crippen LogP contribution in [0, 0.1) is 5.92 Å². The fraction of sp³-hybridized carbons (Fsp3) is 0.917. The number of rotatable bonds is 4. The zero-order valence-corrected chi connectivity index (χ0v) is 10.3. The van der Waals surface area contributed by atoms with E-state index < -0.39 is 0 Å². The quantitative estimate of drug-likeness (QED) is 0.768. The molecule has 1 N–H and O–H groups in total. The van der Waals surface area contributed by atoms with Gasteiger partial charge in [0.15, 0.2) is 0 Å². The van der Waals surface area contributed by atoms with Crippen molar-refractivity contribution in [3.05, 3.63) is 0 Å². The van der Waals surface area contributed by atoms with Crippen molar-refractivity contribution in [2.75, 3.05) is 20.1 Å². The lowest BCUT2D eigenvalue weighted by atomic mass is 9.97. The van der Waals surface area contributed by atoms with Crippen LogP contribution in [0.5, 0.6) is 0 Å².